The molecule has 1 rings (SSSR count). The summed E-state index contributed by atoms with van der Waals surface area (Å²) in [6.07, 6.45) is 0. The molecule has 0 saturated heterocycles. The lowest BCUT2D eigenvalue weighted by atomic mass is 10.2. The second-order valence-electron chi connectivity index (χ2n) is 3.37. The van der Waals surface area contributed by atoms with Gasteiger partial charge in [0.25, 0.3) is 5.91 Å². The fourth-order valence-corrected chi connectivity index (χ4v) is 1.28. The maximum Gasteiger partial charge on any atom is 0.325 e. The van der Waals surface area contributed by atoms with Gasteiger partial charge in [-0.05, 0) is 25.1 Å². The molecule has 98 valence electrons. The smallest absolute Gasteiger partial charge is 0.325 e. The Bertz CT molecular complexity index is 444. The standard InChI is InChI=1S/C12H15NO5/c1-3-18-11(15)7-13-12(16)9-6-8(17-2)4-5-10(9)14/h4-6,14H,3,7H2,1-2H3,(H,13,16). The molecule has 6 heteroatoms. The summed E-state index contributed by atoms with van der Waals surface area (Å²) in [5.41, 5.74) is 0.0404. The lowest BCUT2D eigenvalue weighted by Gasteiger charge is -2.08. The van der Waals surface area contributed by atoms with Gasteiger partial charge in [-0.25, -0.2) is 0 Å². The van der Waals surface area contributed by atoms with Crippen molar-refractivity contribution in [2.75, 3.05) is 20.3 Å². The van der Waals surface area contributed by atoms with Crippen molar-refractivity contribution in [2.24, 2.45) is 0 Å². The average Bonchev–Trinajstić information content (AvgIpc) is 2.37. The Morgan fingerprint density at radius 2 is 2.11 bits per heavy atom. The van der Waals surface area contributed by atoms with Crippen LogP contribution in [0.1, 0.15) is 17.3 Å². The predicted octanol–water partition coefficient (Wildman–Crippen LogP) is 0.694. The minimum Gasteiger partial charge on any atom is -0.507 e. The number of nitrogens with one attached hydrogen (secondary N) is 1. The third-order valence-corrected chi connectivity index (χ3v) is 2.15. The summed E-state index contributed by atoms with van der Waals surface area (Å²) in [6.45, 7) is 1.68. The molecule has 18 heavy (non-hydrogen) atoms. The molecule has 6 nitrogen and oxygen atoms in total. The Balaban J connectivity index is 2.69. The Labute approximate surface area is 105 Å². The van der Waals surface area contributed by atoms with E-state index in [1.54, 1.807) is 6.92 Å². The molecule has 0 radical (unpaired) electrons. The molecular formula is C12H15NO5. The van der Waals surface area contributed by atoms with Crippen LogP contribution >= 0.6 is 0 Å². The zero-order valence-corrected chi connectivity index (χ0v) is 10.2. The van der Waals surface area contributed by atoms with E-state index < -0.39 is 11.9 Å². The van der Waals surface area contributed by atoms with E-state index in [-0.39, 0.29) is 24.5 Å². The number of hydrogen-bond donors (Lipinski definition) is 2. The highest BCUT2D eigenvalue weighted by molar-refractivity contribution is 5.98. The summed E-state index contributed by atoms with van der Waals surface area (Å²) in [5, 5.41) is 11.9. The van der Waals surface area contributed by atoms with Crippen molar-refractivity contribution in [1.29, 1.82) is 0 Å². The van der Waals surface area contributed by atoms with Gasteiger partial charge < -0.3 is 19.9 Å². The third-order valence-electron chi connectivity index (χ3n) is 2.15. The zero-order chi connectivity index (χ0) is 13.5. The number of carbonyl (C=O) groups is 2. The van der Waals surface area contributed by atoms with Crippen LogP contribution in [-0.2, 0) is 9.53 Å². The third kappa shape index (κ3) is 3.65. The number of phenols is 1. The van der Waals surface area contributed by atoms with Gasteiger partial charge in [0.1, 0.15) is 18.0 Å². The van der Waals surface area contributed by atoms with Gasteiger partial charge in [0.15, 0.2) is 0 Å². The average molecular weight is 253 g/mol. The molecule has 0 bridgehead atoms. The molecule has 0 saturated carbocycles. The number of methoxy groups -OCH3 is 1. The highest BCUT2D eigenvalue weighted by Crippen LogP contribution is 2.22. The minimum atomic E-state index is -0.570. The number of esters is 1. The molecule has 0 aliphatic heterocycles. The number of hydrogen-bond acceptors (Lipinski definition) is 5. The molecule has 2 N–H and O–H groups in total. The van der Waals surface area contributed by atoms with Crippen LogP contribution in [0, 0.1) is 0 Å². The van der Waals surface area contributed by atoms with E-state index in [0.717, 1.165) is 0 Å². The largest absolute Gasteiger partial charge is 0.507 e. The van der Waals surface area contributed by atoms with Gasteiger partial charge in [-0.1, -0.05) is 0 Å². The van der Waals surface area contributed by atoms with E-state index >= 15 is 0 Å². The van der Waals surface area contributed by atoms with Crippen molar-refractivity contribution in [3.05, 3.63) is 23.8 Å². The topological polar surface area (TPSA) is 84.9 Å². The van der Waals surface area contributed by atoms with Crippen LogP contribution in [-0.4, -0.2) is 37.2 Å². The van der Waals surface area contributed by atoms with Gasteiger partial charge in [-0.2, -0.15) is 0 Å². The Hall–Kier alpha value is -2.24. The molecule has 1 amide bonds. The summed E-state index contributed by atoms with van der Waals surface area (Å²) in [7, 11) is 1.45. The van der Waals surface area contributed by atoms with Crippen molar-refractivity contribution >= 4 is 11.9 Å². The highest BCUT2D eigenvalue weighted by atomic mass is 16.5. The van der Waals surface area contributed by atoms with Crippen molar-refractivity contribution in [1.82, 2.24) is 5.32 Å². The van der Waals surface area contributed by atoms with Crippen LogP contribution in [0.4, 0.5) is 0 Å². The number of ether oxygens (including phenoxy) is 2. The van der Waals surface area contributed by atoms with Crippen LogP contribution < -0.4 is 10.1 Å². The van der Waals surface area contributed by atoms with Crippen LogP contribution in [0.15, 0.2) is 18.2 Å². The van der Waals surface area contributed by atoms with E-state index in [9.17, 15) is 14.7 Å². The second kappa shape index (κ2) is 6.48. The van der Waals surface area contributed by atoms with E-state index in [2.05, 4.69) is 10.1 Å². The molecule has 0 spiro atoms. The predicted molar refractivity (Wildman–Crippen MR) is 63.6 cm³/mol. The second-order valence-corrected chi connectivity index (χ2v) is 3.37. The summed E-state index contributed by atoms with van der Waals surface area (Å²) in [4.78, 5) is 22.8. The van der Waals surface area contributed by atoms with E-state index in [1.165, 1.54) is 25.3 Å². The molecule has 0 atom stereocenters. The fourth-order valence-electron chi connectivity index (χ4n) is 1.28. The van der Waals surface area contributed by atoms with Gasteiger partial charge in [0.05, 0.1) is 19.3 Å². The van der Waals surface area contributed by atoms with Gasteiger partial charge in [0, 0.05) is 0 Å². The summed E-state index contributed by atoms with van der Waals surface area (Å²) >= 11 is 0. The van der Waals surface area contributed by atoms with E-state index in [4.69, 9.17) is 4.74 Å². The molecule has 1 aromatic rings. The van der Waals surface area contributed by atoms with E-state index in [1.807, 2.05) is 0 Å². The maximum absolute atomic E-state index is 11.7. The van der Waals surface area contributed by atoms with Crippen LogP contribution in [0.3, 0.4) is 0 Å². The zero-order valence-electron chi connectivity index (χ0n) is 10.2. The number of rotatable bonds is 5. The number of benzene rings is 1. The monoisotopic (exact) mass is 253 g/mol. The highest BCUT2D eigenvalue weighted by Gasteiger charge is 2.13. The molecule has 0 aliphatic rings. The minimum absolute atomic E-state index is 0.0404. The first kappa shape index (κ1) is 13.8. The lowest BCUT2D eigenvalue weighted by molar-refractivity contribution is -0.141. The summed E-state index contributed by atoms with van der Waals surface area (Å²) in [5.74, 6) is -0.848. The number of amides is 1. The van der Waals surface area contributed by atoms with Gasteiger partial charge in [-0.15, -0.1) is 0 Å². The first-order valence-corrected chi connectivity index (χ1v) is 5.39. The number of aromatic hydroxyl groups is 1. The quantitative estimate of drug-likeness (QED) is 0.754. The number of carbonyl (C=O) groups excluding carboxylic acids is 2. The molecule has 1 aromatic carbocycles. The Morgan fingerprint density at radius 1 is 1.39 bits per heavy atom. The Kier molecular flexibility index (Phi) is 4.98. The lowest BCUT2D eigenvalue weighted by Crippen LogP contribution is -2.30. The van der Waals surface area contributed by atoms with Gasteiger partial charge >= 0.3 is 5.97 Å². The first-order chi connectivity index (χ1) is 8.58. The summed E-state index contributed by atoms with van der Waals surface area (Å²) in [6, 6.07) is 4.26. The molecule has 0 aromatic heterocycles. The Morgan fingerprint density at radius 3 is 2.72 bits per heavy atom. The van der Waals surface area contributed by atoms with Crippen molar-refractivity contribution < 1.29 is 24.2 Å². The van der Waals surface area contributed by atoms with Crippen molar-refractivity contribution in [2.45, 2.75) is 6.92 Å². The van der Waals surface area contributed by atoms with Crippen LogP contribution in [0.5, 0.6) is 11.5 Å². The molecule has 0 unspecified atom stereocenters. The summed E-state index contributed by atoms with van der Waals surface area (Å²) < 4.78 is 9.60. The van der Waals surface area contributed by atoms with E-state index in [0.29, 0.717) is 5.75 Å². The molecule has 0 fully saturated rings. The SMILES string of the molecule is CCOC(=O)CNC(=O)c1cc(OC)ccc1O. The van der Waals surface area contributed by atoms with Crippen molar-refractivity contribution in [3.63, 3.8) is 0 Å². The maximum atomic E-state index is 11.7. The molecule has 0 aliphatic carbocycles. The first-order valence-electron chi connectivity index (χ1n) is 5.39. The molecular weight excluding hydrogens is 238 g/mol. The fraction of sp³-hybridized carbons (Fsp3) is 0.333. The van der Waals surface area contributed by atoms with Crippen molar-refractivity contribution in [3.8, 4) is 11.5 Å². The van der Waals surface area contributed by atoms with Crippen LogP contribution in [0.25, 0.3) is 0 Å². The van der Waals surface area contributed by atoms with Crippen LogP contribution in [0.2, 0.25) is 0 Å². The van der Waals surface area contributed by atoms with Gasteiger partial charge in [0.2, 0.25) is 0 Å². The number of phenolic OH excluding ortho intramolecular Hbond substituents is 1. The van der Waals surface area contributed by atoms with Gasteiger partial charge in [-0.3, -0.25) is 9.59 Å². The normalized spacial score (nSPS) is 9.67. The molecule has 0 heterocycles.